The molecule has 24 heavy (non-hydrogen) atoms. The Balaban J connectivity index is 1.90. The monoisotopic (exact) mass is 330 g/mol. The van der Waals surface area contributed by atoms with E-state index in [4.69, 9.17) is 9.47 Å². The maximum absolute atomic E-state index is 12.7. The van der Waals surface area contributed by atoms with Gasteiger partial charge in [-0.1, -0.05) is 0 Å². The molecule has 0 aliphatic carbocycles. The van der Waals surface area contributed by atoms with Crippen molar-refractivity contribution in [2.75, 3.05) is 19.8 Å². The van der Waals surface area contributed by atoms with E-state index >= 15 is 0 Å². The number of rotatable bonds is 5. The van der Waals surface area contributed by atoms with Crippen LogP contribution in [0.4, 0.5) is 0 Å². The van der Waals surface area contributed by atoms with Crippen LogP contribution in [0, 0.1) is 0 Å². The smallest absolute Gasteiger partial charge is 0.256 e. The third-order valence-corrected chi connectivity index (χ3v) is 4.23. The van der Waals surface area contributed by atoms with Crippen LogP contribution in [0.5, 0.6) is 5.75 Å². The van der Waals surface area contributed by atoms with E-state index in [1.54, 1.807) is 16.8 Å². The summed E-state index contributed by atoms with van der Waals surface area (Å²) in [5.41, 5.74) is 0.616. The second-order valence-electron chi connectivity index (χ2n) is 5.94. The Hall–Kier alpha value is -2.34. The highest BCUT2D eigenvalue weighted by molar-refractivity contribution is 5.97. The lowest BCUT2D eigenvalue weighted by Gasteiger charge is -2.13. The minimum atomic E-state index is -0.366. The predicted molar refractivity (Wildman–Crippen MR) is 91.7 cm³/mol. The fourth-order valence-electron chi connectivity index (χ4n) is 3.00. The lowest BCUT2D eigenvalue weighted by molar-refractivity contribution is 0.0856. The molecule has 0 radical (unpaired) electrons. The number of carbonyl (C=O) groups excluding carboxylic acids is 1. The quantitative estimate of drug-likeness (QED) is 0.908. The zero-order valence-corrected chi connectivity index (χ0v) is 14.0. The molecule has 6 heteroatoms. The highest BCUT2D eigenvalue weighted by Gasteiger charge is 2.19. The summed E-state index contributed by atoms with van der Waals surface area (Å²) in [6, 6.07) is 5.34. The second-order valence-corrected chi connectivity index (χ2v) is 5.94. The Kier molecular flexibility index (Phi) is 4.85. The van der Waals surface area contributed by atoms with Crippen molar-refractivity contribution in [1.29, 1.82) is 0 Å². The molecule has 0 bridgehead atoms. The summed E-state index contributed by atoms with van der Waals surface area (Å²) in [6.07, 6.45) is 3.57. The standard InChI is InChI=1S/C18H22N2O4/c1-3-23-12-6-7-16-14(9-12)17(21)15(11-20(16)2)18(22)19-10-13-5-4-8-24-13/h6-7,9,11,13H,3-5,8,10H2,1-2H3,(H,19,22). The lowest BCUT2D eigenvalue weighted by Crippen LogP contribution is -2.35. The Morgan fingerprint density at radius 2 is 2.29 bits per heavy atom. The number of aromatic nitrogens is 1. The van der Waals surface area contributed by atoms with Crippen LogP contribution in [0.3, 0.4) is 0 Å². The van der Waals surface area contributed by atoms with E-state index in [2.05, 4.69) is 5.32 Å². The van der Waals surface area contributed by atoms with Crippen LogP contribution in [0.15, 0.2) is 29.2 Å². The van der Waals surface area contributed by atoms with Gasteiger partial charge in [-0.2, -0.15) is 0 Å². The van der Waals surface area contributed by atoms with Gasteiger partial charge in [0.2, 0.25) is 5.43 Å². The minimum Gasteiger partial charge on any atom is -0.494 e. The number of benzene rings is 1. The van der Waals surface area contributed by atoms with Gasteiger partial charge in [-0.3, -0.25) is 9.59 Å². The number of hydrogen-bond acceptors (Lipinski definition) is 4. The molecule has 0 saturated carbocycles. The van der Waals surface area contributed by atoms with Crippen LogP contribution in [-0.4, -0.2) is 36.3 Å². The van der Waals surface area contributed by atoms with Crippen LogP contribution in [0.1, 0.15) is 30.1 Å². The van der Waals surface area contributed by atoms with Gasteiger partial charge < -0.3 is 19.4 Å². The van der Waals surface area contributed by atoms with Crippen molar-refractivity contribution in [1.82, 2.24) is 9.88 Å². The lowest BCUT2D eigenvalue weighted by atomic mass is 10.1. The molecule has 3 rings (SSSR count). The first kappa shape index (κ1) is 16.5. The molecule has 2 aromatic rings. The molecule has 1 aliphatic rings. The van der Waals surface area contributed by atoms with Gasteiger partial charge in [0, 0.05) is 26.4 Å². The molecule has 1 amide bonds. The molecule has 1 atom stereocenters. The number of amides is 1. The summed E-state index contributed by atoms with van der Waals surface area (Å²) in [4.78, 5) is 25.1. The zero-order valence-electron chi connectivity index (χ0n) is 14.0. The fourth-order valence-corrected chi connectivity index (χ4v) is 3.00. The van der Waals surface area contributed by atoms with Gasteiger partial charge in [0.1, 0.15) is 11.3 Å². The van der Waals surface area contributed by atoms with Crippen LogP contribution in [0.25, 0.3) is 10.9 Å². The normalized spacial score (nSPS) is 17.2. The number of ether oxygens (including phenoxy) is 2. The van der Waals surface area contributed by atoms with Crippen LogP contribution in [0.2, 0.25) is 0 Å². The highest BCUT2D eigenvalue weighted by atomic mass is 16.5. The van der Waals surface area contributed by atoms with Gasteiger partial charge >= 0.3 is 0 Å². The number of fused-ring (bicyclic) bond motifs is 1. The maximum Gasteiger partial charge on any atom is 0.256 e. The summed E-state index contributed by atoms with van der Waals surface area (Å²) in [7, 11) is 1.82. The third-order valence-electron chi connectivity index (χ3n) is 4.23. The van der Waals surface area contributed by atoms with E-state index in [1.807, 2.05) is 26.1 Å². The van der Waals surface area contributed by atoms with Gasteiger partial charge in [0.25, 0.3) is 5.91 Å². The summed E-state index contributed by atoms with van der Waals surface area (Å²) >= 11 is 0. The van der Waals surface area contributed by atoms with Crippen molar-refractivity contribution in [2.24, 2.45) is 7.05 Å². The molecule has 1 N–H and O–H groups in total. The van der Waals surface area contributed by atoms with E-state index in [0.717, 1.165) is 25.0 Å². The first-order chi connectivity index (χ1) is 11.6. The van der Waals surface area contributed by atoms with Gasteiger partial charge in [-0.25, -0.2) is 0 Å². The summed E-state index contributed by atoms with van der Waals surface area (Å²) in [5.74, 6) is 0.258. The number of pyridine rings is 1. The van der Waals surface area contributed by atoms with Crippen molar-refractivity contribution >= 4 is 16.8 Å². The SMILES string of the molecule is CCOc1ccc2c(c1)c(=O)c(C(=O)NCC1CCCO1)cn2C. The summed E-state index contributed by atoms with van der Waals surface area (Å²) in [6.45, 7) is 3.57. The second kappa shape index (κ2) is 7.05. The third kappa shape index (κ3) is 3.28. The first-order valence-corrected chi connectivity index (χ1v) is 8.26. The summed E-state index contributed by atoms with van der Waals surface area (Å²) in [5, 5.41) is 3.28. The van der Waals surface area contributed by atoms with Gasteiger partial charge in [0.15, 0.2) is 0 Å². The molecule has 2 heterocycles. The Labute approximate surface area is 140 Å². The number of carbonyl (C=O) groups is 1. The molecule has 1 saturated heterocycles. The van der Waals surface area contributed by atoms with E-state index < -0.39 is 0 Å². The van der Waals surface area contributed by atoms with Crippen molar-refractivity contribution < 1.29 is 14.3 Å². The van der Waals surface area contributed by atoms with Crippen molar-refractivity contribution in [3.8, 4) is 5.75 Å². The van der Waals surface area contributed by atoms with Crippen LogP contribution < -0.4 is 15.5 Å². The molecule has 0 spiro atoms. The molecule has 1 unspecified atom stereocenters. The Morgan fingerprint density at radius 3 is 3.00 bits per heavy atom. The van der Waals surface area contributed by atoms with E-state index in [9.17, 15) is 9.59 Å². The fraction of sp³-hybridized carbons (Fsp3) is 0.444. The summed E-state index contributed by atoms with van der Waals surface area (Å²) < 4.78 is 12.7. The van der Waals surface area contributed by atoms with E-state index in [0.29, 0.717) is 24.3 Å². The van der Waals surface area contributed by atoms with Gasteiger partial charge in [0.05, 0.1) is 23.6 Å². The van der Waals surface area contributed by atoms with Crippen molar-refractivity contribution in [2.45, 2.75) is 25.9 Å². The molecule has 6 nitrogen and oxygen atoms in total. The van der Waals surface area contributed by atoms with Crippen LogP contribution in [-0.2, 0) is 11.8 Å². The number of nitrogens with zero attached hydrogens (tertiary/aromatic N) is 1. The molecule has 128 valence electrons. The Morgan fingerprint density at radius 1 is 1.46 bits per heavy atom. The topological polar surface area (TPSA) is 69.6 Å². The molecular weight excluding hydrogens is 308 g/mol. The molecule has 1 aromatic carbocycles. The predicted octanol–water partition coefficient (Wildman–Crippen LogP) is 1.85. The first-order valence-electron chi connectivity index (χ1n) is 8.26. The average Bonchev–Trinajstić information content (AvgIpc) is 3.09. The largest absolute Gasteiger partial charge is 0.494 e. The molecule has 1 aromatic heterocycles. The average molecular weight is 330 g/mol. The number of nitrogens with one attached hydrogen (secondary N) is 1. The maximum atomic E-state index is 12.7. The Bertz CT molecular complexity index is 807. The van der Waals surface area contributed by atoms with E-state index in [-0.39, 0.29) is 23.0 Å². The van der Waals surface area contributed by atoms with Gasteiger partial charge in [-0.05, 0) is 38.0 Å². The minimum absolute atomic E-state index is 0.0443. The zero-order chi connectivity index (χ0) is 17.1. The highest BCUT2D eigenvalue weighted by Crippen LogP contribution is 2.19. The van der Waals surface area contributed by atoms with Gasteiger partial charge in [-0.15, -0.1) is 0 Å². The van der Waals surface area contributed by atoms with Crippen molar-refractivity contribution in [3.63, 3.8) is 0 Å². The molecule has 1 aliphatic heterocycles. The van der Waals surface area contributed by atoms with Crippen molar-refractivity contribution in [3.05, 3.63) is 40.2 Å². The number of hydrogen-bond donors (Lipinski definition) is 1. The van der Waals surface area contributed by atoms with E-state index in [1.165, 1.54) is 0 Å². The van der Waals surface area contributed by atoms with Crippen LogP contribution >= 0.6 is 0 Å². The molecule has 1 fully saturated rings. The number of aryl methyl sites for hydroxylation is 1. The molecular formula is C18H22N2O4.